The first-order valence-corrected chi connectivity index (χ1v) is 4.92. The molecule has 82 valence electrons. The van der Waals surface area contributed by atoms with E-state index < -0.39 is 6.04 Å². The number of carbonyl (C=O) groups is 1. The largest absolute Gasteiger partial charge is 0.464 e. The van der Waals surface area contributed by atoms with Crippen LogP contribution in [0.1, 0.15) is 25.5 Å². The van der Waals surface area contributed by atoms with Crippen molar-refractivity contribution < 1.29 is 9.53 Å². The highest BCUT2D eigenvalue weighted by atomic mass is 16.5. The molecule has 0 aromatic carbocycles. The number of carbonyl (C=O) groups excluding carboxylic acids is 1. The molecule has 1 aromatic rings. The zero-order valence-electron chi connectivity index (χ0n) is 9.19. The van der Waals surface area contributed by atoms with Gasteiger partial charge in [0, 0.05) is 11.8 Å². The van der Waals surface area contributed by atoms with Crippen molar-refractivity contribution in [2.75, 3.05) is 6.61 Å². The number of nitrogens with zero attached hydrogens (tertiary/aromatic N) is 1. The van der Waals surface area contributed by atoms with Crippen LogP contribution >= 0.6 is 0 Å². The number of aryl methyl sites for hydroxylation is 1. The highest BCUT2D eigenvalue weighted by Crippen LogP contribution is 2.05. The van der Waals surface area contributed by atoms with Gasteiger partial charge in [-0.25, -0.2) is 4.79 Å². The molecule has 0 bridgehead atoms. The fourth-order valence-corrected chi connectivity index (χ4v) is 1.30. The minimum absolute atomic E-state index is 0.155. The van der Waals surface area contributed by atoms with Crippen LogP contribution in [0.4, 0.5) is 0 Å². The summed E-state index contributed by atoms with van der Waals surface area (Å²) in [5.41, 5.74) is 0.465. The van der Waals surface area contributed by atoms with Crippen LogP contribution in [-0.2, 0) is 9.53 Å². The fourth-order valence-electron chi connectivity index (χ4n) is 1.30. The molecule has 1 atom stereocenters. The maximum Gasteiger partial charge on any atom is 0.328 e. The summed E-state index contributed by atoms with van der Waals surface area (Å²) in [6.07, 6.45) is 1.59. The van der Waals surface area contributed by atoms with E-state index >= 15 is 0 Å². The SMILES string of the molecule is CCOC(=O)[C@H](C)n1cccc(C)c1=O. The summed E-state index contributed by atoms with van der Waals surface area (Å²) in [6, 6.07) is 2.89. The van der Waals surface area contributed by atoms with Crippen molar-refractivity contribution in [3.8, 4) is 0 Å². The molecule has 0 unspecified atom stereocenters. The van der Waals surface area contributed by atoms with E-state index in [4.69, 9.17) is 4.74 Å². The van der Waals surface area contributed by atoms with E-state index in [1.807, 2.05) is 0 Å². The van der Waals surface area contributed by atoms with Crippen molar-refractivity contribution in [3.63, 3.8) is 0 Å². The molecule has 0 aliphatic rings. The molecule has 1 rings (SSSR count). The molecular weight excluding hydrogens is 194 g/mol. The first-order valence-electron chi connectivity index (χ1n) is 4.92. The van der Waals surface area contributed by atoms with Crippen molar-refractivity contribution in [1.82, 2.24) is 4.57 Å². The molecule has 0 saturated heterocycles. The zero-order valence-corrected chi connectivity index (χ0v) is 9.19. The molecular formula is C11H15NO3. The molecule has 15 heavy (non-hydrogen) atoms. The molecule has 1 aromatic heterocycles. The van der Waals surface area contributed by atoms with Gasteiger partial charge in [0.05, 0.1) is 6.61 Å². The monoisotopic (exact) mass is 209 g/mol. The first kappa shape index (κ1) is 11.5. The second-order valence-electron chi connectivity index (χ2n) is 3.33. The molecule has 4 nitrogen and oxygen atoms in total. The van der Waals surface area contributed by atoms with Gasteiger partial charge < -0.3 is 9.30 Å². The number of hydrogen-bond donors (Lipinski definition) is 0. The normalized spacial score (nSPS) is 12.2. The van der Waals surface area contributed by atoms with Gasteiger partial charge in [-0.3, -0.25) is 4.79 Å². The maximum atomic E-state index is 11.7. The van der Waals surface area contributed by atoms with Crippen molar-refractivity contribution in [2.24, 2.45) is 0 Å². The molecule has 4 heteroatoms. The lowest BCUT2D eigenvalue weighted by molar-refractivity contribution is -0.146. The van der Waals surface area contributed by atoms with Crippen molar-refractivity contribution in [3.05, 3.63) is 34.2 Å². The van der Waals surface area contributed by atoms with Crippen LogP contribution in [-0.4, -0.2) is 17.1 Å². The summed E-state index contributed by atoms with van der Waals surface area (Å²) in [7, 11) is 0. The van der Waals surface area contributed by atoms with Crippen LogP contribution in [0.2, 0.25) is 0 Å². The molecule has 0 aliphatic carbocycles. The number of hydrogen-bond acceptors (Lipinski definition) is 3. The van der Waals surface area contributed by atoms with Crippen LogP contribution < -0.4 is 5.56 Å². The summed E-state index contributed by atoms with van der Waals surface area (Å²) in [5.74, 6) is -0.384. The number of ether oxygens (including phenoxy) is 1. The molecule has 0 spiro atoms. The standard InChI is InChI=1S/C11H15NO3/c1-4-15-11(14)9(3)12-7-5-6-8(2)10(12)13/h5-7,9H,4H2,1-3H3/t9-/m0/s1. The average molecular weight is 209 g/mol. The van der Waals surface area contributed by atoms with Gasteiger partial charge in [0.15, 0.2) is 0 Å². The fraction of sp³-hybridized carbons (Fsp3) is 0.455. The third-order valence-corrected chi connectivity index (χ3v) is 2.21. The van der Waals surface area contributed by atoms with Crippen molar-refractivity contribution in [2.45, 2.75) is 26.8 Å². The number of pyridine rings is 1. The Balaban J connectivity index is 3.01. The van der Waals surface area contributed by atoms with Gasteiger partial charge in [-0.05, 0) is 26.8 Å². The quantitative estimate of drug-likeness (QED) is 0.704. The number of rotatable bonds is 3. The second kappa shape index (κ2) is 4.77. The van der Waals surface area contributed by atoms with E-state index in [2.05, 4.69) is 0 Å². The van der Waals surface area contributed by atoms with Gasteiger partial charge in [-0.1, -0.05) is 6.07 Å². The summed E-state index contributed by atoms with van der Waals surface area (Å²) in [5, 5.41) is 0. The maximum absolute atomic E-state index is 11.7. The highest BCUT2D eigenvalue weighted by molar-refractivity contribution is 5.73. The van der Waals surface area contributed by atoms with Gasteiger partial charge in [0.1, 0.15) is 6.04 Å². The Bertz CT molecular complexity index is 409. The minimum atomic E-state index is -0.572. The van der Waals surface area contributed by atoms with E-state index in [0.29, 0.717) is 12.2 Å². The van der Waals surface area contributed by atoms with Gasteiger partial charge >= 0.3 is 5.97 Å². The van der Waals surface area contributed by atoms with Gasteiger partial charge in [0.2, 0.25) is 0 Å². The van der Waals surface area contributed by atoms with E-state index in [-0.39, 0.29) is 11.5 Å². The van der Waals surface area contributed by atoms with E-state index in [0.717, 1.165) is 0 Å². The number of esters is 1. The van der Waals surface area contributed by atoms with Crippen LogP contribution in [0.5, 0.6) is 0 Å². The van der Waals surface area contributed by atoms with E-state index in [9.17, 15) is 9.59 Å². The van der Waals surface area contributed by atoms with Crippen LogP contribution in [0, 0.1) is 6.92 Å². The Morgan fingerprint density at radius 3 is 2.87 bits per heavy atom. The molecule has 0 aliphatic heterocycles. The van der Waals surface area contributed by atoms with Gasteiger partial charge in [0.25, 0.3) is 5.56 Å². The first-order chi connectivity index (χ1) is 7.07. The molecule has 0 fully saturated rings. The lowest BCUT2D eigenvalue weighted by atomic mass is 10.2. The molecule has 0 saturated carbocycles. The Hall–Kier alpha value is -1.58. The Kier molecular flexibility index (Phi) is 3.66. The summed E-state index contributed by atoms with van der Waals surface area (Å²) < 4.78 is 6.24. The third-order valence-electron chi connectivity index (χ3n) is 2.21. The zero-order chi connectivity index (χ0) is 11.4. The summed E-state index contributed by atoms with van der Waals surface area (Å²) in [4.78, 5) is 23.1. The highest BCUT2D eigenvalue weighted by Gasteiger charge is 2.16. The van der Waals surface area contributed by atoms with Crippen LogP contribution in [0.15, 0.2) is 23.1 Å². The van der Waals surface area contributed by atoms with Crippen molar-refractivity contribution in [1.29, 1.82) is 0 Å². The predicted molar refractivity (Wildman–Crippen MR) is 56.8 cm³/mol. The van der Waals surface area contributed by atoms with Crippen LogP contribution in [0.3, 0.4) is 0 Å². The van der Waals surface area contributed by atoms with Crippen LogP contribution in [0.25, 0.3) is 0 Å². The Morgan fingerprint density at radius 2 is 2.27 bits per heavy atom. The topological polar surface area (TPSA) is 48.3 Å². The smallest absolute Gasteiger partial charge is 0.328 e. The molecule has 1 heterocycles. The predicted octanol–water partition coefficient (Wildman–Crippen LogP) is 1.28. The second-order valence-corrected chi connectivity index (χ2v) is 3.33. The van der Waals surface area contributed by atoms with E-state index in [1.165, 1.54) is 4.57 Å². The summed E-state index contributed by atoms with van der Waals surface area (Å²) >= 11 is 0. The lowest BCUT2D eigenvalue weighted by Crippen LogP contribution is -2.29. The lowest BCUT2D eigenvalue weighted by Gasteiger charge is -2.13. The number of aromatic nitrogens is 1. The van der Waals surface area contributed by atoms with E-state index in [1.54, 1.807) is 39.1 Å². The molecule has 0 radical (unpaired) electrons. The summed E-state index contributed by atoms with van der Waals surface area (Å²) in [6.45, 7) is 5.43. The molecule has 0 amide bonds. The minimum Gasteiger partial charge on any atom is -0.464 e. The Morgan fingerprint density at radius 1 is 1.60 bits per heavy atom. The average Bonchev–Trinajstić information content (AvgIpc) is 2.21. The Labute approximate surface area is 88.5 Å². The van der Waals surface area contributed by atoms with Gasteiger partial charge in [-0.2, -0.15) is 0 Å². The third kappa shape index (κ3) is 2.46. The molecule has 0 N–H and O–H groups in total. The van der Waals surface area contributed by atoms with Gasteiger partial charge in [-0.15, -0.1) is 0 Å². The van der Waals surface area contributed by atoms with Crippen molar-refractivity contribution >= 4 is 5.97 Å².